The third-order valence-electron chi connectivity index (χ3n) is 3.31. The molecule has 100 valence electrons. The summed E-state index contributed by atoms with van der Waals surface area (Å²) in [5.41, 5.74) is 2.51. The lowest BCUT2D eigenvalue weighted by Gasteiger charge is -2.18. The molecule has 19 heavy (non-hydrogen) atoms. The van der Waals surface area contributed by atoms with Gasteiger partial charge in [0.15, 0.2) is 5.16 Å². The van der Waals surface area contributed by atoms with E-state index in [1.165, 1.54) is 11.1 Å². The highest BCUT2D eigenvalue weighted by Crippen LogP contribution is 2.39. The summed E-state index contributed by atoms with van der Waals surface area (Å²) in [7, 11) is 2.02. The smallest absolute Gasteiger partial charge is 0.167 e. The maximum atomic E-state index is 6.09. The molecule has 0 fully saturated rings. The third kappa shape index (κ3) is 2.50. The van der Waals surface area contributed by atoms with Gasteiger partial charge in [-0.3, -0.25) is 0 Å². The van der Waals surface area contributed by atoms with Gasteiger partial charge < -0.3 is 9.30 Å². The van der Waals surface area contributed by atoms with E-state index in [9.17, 15) is 0 Å². The van der Waals surface area contributed by atoms with Gasteiger partial charge in [-0.15, -0.1) is 0 Å². The van der Waals surface area contributed by atoms with Crippen molar-refractivity contribution in [3.63, 3.8) is 0 Å². The molecule has 1 aromatic heterocycles. The summed E-state index contributed by atoms with van der Waals surface area (Å²) in [6.07, 6.45) is 4.79. The fraction of sp³-hybridized carbons (Fsp3) is 0.400. The third-order valence-corrected chi connectivity index (χ3v) is 4.41. The Kier molecular flexibility index (Phi) is 3.05. The molecule has 0 saturated heterocycles. The Balaban J connectivity index is 1.80. The molecule has 1 aliphatic heterocycles. The predicted molar refractivity (Wildman–Crippen MR) is 77.6 cm³/mol. The van der Waals surface area contributed by atoms with Gasteiger partial charge in [-0.25, -0.2) is 4.98 Å². The number of aromatic nitrogens is 2. The highest BCUT2D eigenvalue weighted by molar-refractivity contribution is 7.98. The molecule has 0 unspecified atom stereocenters. The van der Waals surface area contributed by atoms with Crippen LogP contribution in [0.5, 0.6) is 5.75 Å². The van der Waals surface area contributed by atoms with E-state index in [2.05, 4.69) is 37.0 Å². The van der Waals surface area contributed by atoms with Gasteiger partial charge in [-0.2, -0.15) is 0 Å². The highest BCUT2D eigenvalue weighted by Gasteiger charge is 2.31. The van der Waals surface area contributed by atoms with Crippen molar-refractivity contribution in [1.82, 2.24) is 9.55 Å². The standard InChI is InChI=1S/C15H18N2OS/c1-15(2)9-11-5-4-6-12(13(11)18-15)10-19-14-16-7-8-17(14)3/h4-8H,9-10H2,1-3H3. The first kappa shape index (κ1) is 12.6. The minimum Gasteiger partial charge on any atom is -0.487 e. The van der Waals surface area contributed by atoms with Gasteiger partial charge in [0, 0.05) is 37.2 Å². The van der Waals surface area contributed by atoms with Crippen LogP contribution < -0.4 is 4.74 Å². The van der Waals surface area contributed by atoms with Crippen molar-refractivity contribution in [2.45, 2.75) is 36.8 Å². The number of aryl methyl sites for hydroxylation is 1. The minimum absolute atomic E-state index is 0.0771. The first-order chi connectivity index (χ1) is 9.05. The number of benzene rings is 1. The van der Waals surface area contributed by atoms with Crippen LogP contribution in [0.1, 0.15) is 25.0 Å². The Labute approximate surface area is 118 Å². The van der Waals surface area contributed by atoms with Gasteiger partial charge in [0.25, 0.3) is 0 Å². The quantitative estimate of drug-likeness (QED) is 0.802. The fourth-order valence-corrected chi connectivity index (χ4v) is 3.34. The average Bonchev–Trinajstić information content (AvgIpc) is 2.88. The van der Waals surface area contributed by atoms with Gasteiger partial charge in [0.05, 0.1) is 0 Å². The SMILES string of the molecule is Cn1ccnc1SCc1cccc2c1OC(C)(C)C2. The van der Waals surface area contributed by atoms with E-state index in [1.807, 2.05) is 24.0 Å². The summed E-state index contributed by atoms with van der Waals surface area (Å²) in [5.74, 6) is 1.97. The zero-order chi connectivity index (χ0) is 13.5. The van der Waals surface area contributed by atoms with Gasteiger partial charge in [-0.05, 0) is 19.4 Å². The zero-order valence-electron chi connectivity index (χ0n) is 11.5. The molecule has 3 nitrogen and oxygen atoms in total. The van der Waals surface area contributed by atoms with Crippen LogP contribution in [0.15, 0.2) is 35.7 Å². The molecule has 0 saturated carbocycles. The highest BCUT2D eigenvalue weighted by atomic mass is 32.2. The number of rotatable bonds is 3. The summed E-state index contributed by atoms with van der Waals surface area (Å²) in [5, 5.41) is 1.04. The van der Waals surface area contributed by atoms with Crippen molar-refractivity contribution in [2.24, 2.45) is 7.05 Å². The van der Waals surface area contributed by atoms with Crippen LogP contribution in [0.4, 0.5) is 0 Å². The largest absolute Gasteiger partial charge is 0.487 e. The normalized spacial score (nSPS) is 16.2. The number of hydrogen-bond acceptors (Lipinski definition) is 3. The Morgan fingerprint density at radius 1 is 1.42 bits per heavy atom. The van der Waals surface area contributed by atoms with E-state index < -0.39 is 0 Å². The van der Waals surface area contributed by atoms with Gasteiger partial charge in [0.2, 0.25) is 0 Å². The van der Waals surface area contributed by atoms with Gasteiger partial charge in [-0.1, -0.05) is 30.0 Å². The lowest BCUT2D eigenvalue weighted by Crippen LogP contribution is -2.24. The zero-order valence-corrected chi connectivity index (χ0v) is 12.3. The maximum Gasteiger partial charge on any atom is 0.167 e. The van der Waals surface area contributed by atoms with Crippen LogP contribution in [0.25, 0.3) is 0 Å². The van der Waals surface area contributed by atoms with E-state index in [1.54, 1.807) is 11.8 Å². The summed E-state index contributed by atoms with van der Waals surface area (Å²) >= 11 is 1.74. The maximum absolute atomic E-state index is 6.09. The Morgan fingerprint density at radius 2 is 2.26 bits per heavy atom. The number of thioether (sulfide) groups is 1. The molecule has 4 heteroatoms. The number of imidazole rings is 1. The molecule has 0 spiro atoms. The average molecular weight is 274 g/mol. The second-order valence-corrected chi connectivity index (χ2v) is 6.50. The van der Waals surface area contributed by atoms with Crippen LogP contribution >= 0.6 is 11.8 Å². The van der Waals surface area contributed by atoms with Crippen LogP contribution in [-0.4, -0.2) is 15.2 Å². The lowest BCUT2D eigenvalue weighted by molar-refractivity contribution is 0.137. The summed E-state index contributed by atoms with van der Waals surface area (Å²) in [4.78, 5) is 4.34. The molecule has 0 radical (unpaired) electrons. The van der Waals surface area contributed by atoms with E-state index in [0.717, 1.165) is 23.1 Å². The van der Waals surface area contributed by atoms with Crippen LogP contribution in [-0.2, 0) is 19.2 Å². The van der Waals surface area contributed by atoms with Gasteiger partial charge >= 0.3 is 0 Å². The van der Waals surface area contributed by atoms with E-state index >= 15 is 0 Å². The number of ether oxygens (including phenoxy) is 1. The Morgan fingerprint density at radius 3 is 3.00 bits per heavy atom. The first-order valence-electron chi connectivity index (χ1n) is 6.45. The van der Waals surface area contributed by atoms with Crippen LogP contribution in [0.3, 0.4) is 0 Å². The Hall–Kier alpha value is -1.42. The van der Waals surface area contributed by atoms with Crippen LogP contribution in [0.2, 0.25) is 0 Å². The lowest BCUT2D eigenvalue weighted by atomic mass is 10.0. The van der Waals surface area contributed by atoms with Gasteiger partial charge in [0.1, 0.15) is 11.4 Å². The van der Waals surface area contributed by atoms with E-state index in [0.29, 0.717) is 0 Å². The number of para-hydroxylation sites is 1. The molecule has 3 rings (SSSR count). The van der Waals surface area contributed by atoms with Crippen LogP contribution in [0, 0.1) is 0 Å². The molecular weight excluding hydrogens is 256 g/mol. The predicted octanol–water partition coefficient (Wildman–Crippen LogP) is 3.43. The molecule has 0 amide bonds. The first-order valence-corrected chi connectivity index (χ1v) is 7.44. The summed E-state index contributed by atoms with van der Waals surface area (Å²) in [6.45, 7) is 4.28. The summed E-state index contributed by atoms with van der Waals surface area (Å²) in [6, 6.07) is 6.44. The fourth-order valence-electron chi connectivity index (χ4n) is 2.43. The van der Waals surface area contributed by atoms with Crippen molar-refractivity contribution in [1.29, 1.82) is 0 Å². The van der Waals surface area contributed by atoms with Crippen molar-refractivity contribution in [3.8, 4) is 5.75 Å². The molecule has 2 heterocycles. The molecule has 0 N–H and O–H groups in total. The number of fused-ring (bicyclic) bond motifs is 1. The molecule has 0 atom stereocenters. The monoisotopic (exact) mass is 274 g/mol. The van der Waals surface area contributed by atoms with E-state index in [-0.39, 0.29) is 5.60 Å². The molecular formula is C15H18N2OS. The van der Waals surface area contributed by atoms with Crippen molar-refractivity contribution in [2.75, 3.05) is 0 Å². The number of hydrogen-bond donors (Lipinski definition) is 0. The molecule has 0 aliphatic carbocycles. The Bertz CT molecular complexity index is 604. The molecule has 2 aromatic rings. The summed E-state index contributed by atoms with van der Waals surface area (Å²) < 4.78 is 8.13. The van der Waals surface area contributed by atoms with Crippen molar-refractivity contribution in [3.05, 3.63) is 41.7 Å². The second kappa shape index (κ2) is 4.60. The second-order valence-electron chi connectivity index (χ2n) is 5.55. The molecule has 1 aliphatic rings. The van der Waals surface area contributed by atoms with Crippen molar-refractivity contribution < 1.29 is 4.74 Å². The number of nitrogens with zero attached hydrogens (tertiary/aromatic N) is 2. The topological polar surface area (TPSA) is 27.1 Å². The van der Waals surface area contributed by atoms with E-state index in [4.69, 9.17) is 4.74 Å². The minimum atomic E-state index is -0.0771. The molecule has 0 bridgehead atoms. The van der Waals surface area contributed by atoms with Crippen molar-refractivity contribution >= 4 is 11.8 Å². The molecule has 1 aromatic carbocycles.